The molecule has 2 aromatic carbocycles. The highest BCUT2D eigenvalue weighted by Gasteiger charge is 2.49. The van der Waals surface area contributed by atoms with Gasteiger partial charge in [0, 0.05) is 11.1 Å². The molecule has 0 spiro atoms. The monoisotopic (exact) mass is 356 g/mol. The SMILES string of the molecule is Cc1ccc2c(c1)C([Si](Cl)(Cl)C1C=CC=C1)c1cc(C)ccc1-2. The Balaban J connectivity index is 1.96. The zero-order valence-corrected chi connectivity index (χ0v) is 15.7. The average Bonchev–Trinajstić information content (AvgIpc) is 3.12. The van der Waals surface area contributed by atoms with Crippen molar-refractivity contribution in [1.29, 1.82) is 0 Å². The van der Waals surface area contributed by atoms with Crippen molar-refractivity contribution in [1.82, 2.24) is 0 Å². The van der Waals surface area contributed by atoms with E-state index in [1.54, 1.807) is 0 Å². The van der Waals surface area contributed by atoms with E-state index in [2.05, 4.69) is 74.5 Å². The molecule has 3 heteroatoms. The molecule has 2 aliphatic carbocycles. The number of benzene rings is 2. The summed E-state index contributed by atoms with van der Waals surface area (Å²) in [6.45, 7) is 1.65. The van der Waals surface area contributed by atoms with E-state index in [0.717, 1.165) is 0 Å². The van der Waals surface area contributed by atoms with Crippen LogP contribution in [0.3, 0.4) is 0 Å². The van der Waals surface area contributed by atoms with Crippen molar-refractivity contribution in [2.45, 2.75) is 24.9 Å². The van der Waals surface area contributed by atoms with Gasteiger partial charge in [0.25, 0.3) is 6.69 Å². The van der Waals surface area contributed by atoms with Crippen LogP contribution in [0, 0.1) is 13.8 Å². The minimum atomic E-state index is -2.61. The highest BCUT2D eigenvalue weighted by molar-refractivity contribution is 7.47. The fourth-order valence-corrected chi connectivity index (χ4v) is 8.51. The molecule has 0 nitrogen and oxygen atoms in total. The van der Waals surface area contributed by atoms with Gasteiger partial charge in [0.1, 0.15) is 0 Å². The lowest BCUT2D eigenvalue weighted by Crippen LogP contribution is -2.33. The van der Waals surface area contributed by atoms with E-state index >= 15 is 0 Å². The summed E-state index contributed by atoms with van der Waals surface area (Å²) in [7, 11) is 0. The second kappa shape index (κ2) is 5.37. The van der Waals surface area contributed by atoms with Crippen LogP contribution >= 0.6 is 22.2 Å². The molecule has 23 heavy (non-hydrogen) atoms. The summed E-state index contributed by atoms with van der Waals surface area (Å²) in [5.41, 5.74) is 7.98. The average molecular weight is 357 g/mol. The van der Waals surface area contributed by atoms with E-state index in [-0.39, 0.29) is 11.1 Å². The molecule has 0 N–H and O–H groups in total. The number of aryl methyl sites for hydroxylation is 2. The molecule has 116 valence electrons. The first-order valence-electron chi connectivity index (χ1n) is 7.93. The van der Waals surface area contributed by atoms with Gasteiger partial charge in [-0.15, -0.1) is 22.2 Å². The zero-order valence-electron chi connectivity index (χ0n) is 13.2. The summed E-state index contributed by atoms with van der Waals surface area (Å²) in [6.07, 6.45) is 8.41. The fraction of sp³-hybridized carbons (Fsp3) is 0.200. The number of allylic oxidation sites excluding steroid dienone is 4. The van der Waals surface area contributed by atoms with Gasteiger partial charge >= 0.3 is 0 Å². The molecule has 2 aliphatic rings. The smallest absolute Gasteiger partial charge is 0.144 e. The lowest BCUT2D eigenvalue weighted by Gasteiger charge is -2.30. The van der Waals surface area contributed by atoms with Crippen LogP contribution in [0.1, 0.15) is 27.8 Å². The third kappa shape index (κ3) is 2.34. The van der Waals surface area contributed by atoms with Gasteiger partial charge in [0.15, 0.2) is 0 Å². The summed E-state index contributed by atoms with van der Waals surface area (Å²) < 4.78 is 0. The molecule has 0 aliphatic heterocycles. The first-order chi connectivity index (χ1) is 11.0. The van der Waals surface area contributed by atoms with E-state index < -0.39 is 6.69 Å². The van der Waals surface area contributed by atoms with Crippen molar-refractivity contribution in [3.63, 3.8) is 0 Å². The van der Waals surface area contributed by atoms with Gasteiger partial charge in [-0.1, -0.05) is 71.8 Å². The summed E-state index contributed by atoms with van der Waals surface area (Å²) in [4.78, 5) is 0. The molecule has 0 heterocycles. The second-order valence-electron chi connectivity index (χ2n) is 6.58. The Kier molecular flexibility index (Phi) is 3.56. The number of fused-ring (bicyclic) bond motifs is 3. The normalized spacial score (nSPS) is 16.9. The van der Waals surface area contributed by atoms with Gasteiger partial charge in [-0.2, -0.15) is 0 Å². The minimum absolute atomic E-state index is 0.119. The van der Waals surface area contributed by atoms with Crippen molar-refractivity contribution in [3.05, 3.63) is 83.0 Å². The molecule has 0 saturated heterocycles. The van der Waals surface area contributed by atoms with Crippen molar-refractivity contribution in [2.75, 3.05) is 0 Å². The van der Waals surface area contributed by atoms with Gasteiger partial charge in [0.05, 0.1) is 0 Å². The van der Waals surface area contributed by atoms with Crippen LogP contribution in [0.5, 0.6) is 0 Å². The third-order valence-electron chi connectivity index (χ3n) is 4.90. The van der Waals surface area contributed by atoms with Gasteiger partial charge in [0.2, 0.25) is 0 Å². The van der Waals surface area contributed by atoms with E-state index in [1.165, 1.54) is 33.4 Å². The summed E-state index contributed by atoms with van der Waals surface area (Å²) >= 11 is 14.2. The molecular formula is C20H18Cl2Si. The van der Waals surface area contributed by atoms with Gasteiger partial charge < -0.3 is 0 Å². The molecule has 0 bridgehead atoms. The van der Waals surface area contributed by atoms with E-state index in [9.17, 15) is 0 Å². The van der Waals surface area contributed by atoms with E-state index in [4.69, 9.17) is 22.2 Å². The molecule has 4 rings (SSSR count). The van der Waals surface area contributed by atoms with Crippen LogP contribution < -0.4 is 0 Å². The van der Waals surface area contributed by atoms with Gasteiger partial charge in [-0.25, -0.2) is 0 Å². The molecule has 0 aromatic heterocycles. The maximum atomic E-state index is 7.11. The third-order valence-corrected chi connectivity index (χ3v) is 10.4. The topological polar surface area (TPSA) is 0 Å². The fourth-order valence-electron chi connectivity index (χ4n) is 3.80. The van der Waals surface area contributed by atoms with Gasteiger partial charge in [-0.3, -0.25) is 0 Å². The molecular weight excluding hydrogens is 339 g/mol. The first-order valence-corrected chi connectivity index (χ1v) is 12.1. The summed E-state index contributed by atoms with van der Waals surface area (Å²) in [5, 5.41) is 0. The maximum Gasteiger partial charge on any atom is 0.273 e. The van der Waals surface area contributed by atoms with E-state index in [0.29, 0.717) is 0 Å². The highest BCUT2D eigenvalue weighted by atomic mass is 35.7. The Morgan fingerprint density at radius 2 is 1.26 bits per heavy atom. The van der Waals surface area contributed by atoms with E-state index in [1.807, 2.05) is 0 Å². The molecule has 0 radical (unpaired) electrons. The molecule has 0 amide bonds. The van der Waals surface area contributed by atoms with Crippen LogP contribution in [-0.4, -0.2) is 6.69 Å². The molecule has 0 saturated carbocycles. The molecule has 0 fully saturated rings. The lowest BCUT2D eigenvalue weighted by atomic mass is 10.0. The predicted molar refractivity (Wildman–Crippen MR) is 103 cm³/mol. The summed E-state index contributed by atoms with van der Waals surface area (Å²) in [5.74, 6) is 0. The Labute approximate surface area is 147 Å². The Morgan fingerprint density at radius 1 is 0.783 bits per heavy atom. The maximum absolute atomic E-state index is 7.11. The molecule has 0 unspecified atom stereocenters. The quantitative estimate of drug-likeness (QED) is 0.433. The highest BCUT2D eigenvalue weighted by Crippen LogP contribution is 2.55. The van der Waals surface area contributed by atoms with Crippen LogP contribution in [0.15, 0.2) is 60.7 Å². The van der Waals surface area contributed by atoms with Crippen molar-refractivity contribution in [2.24, 2.45) is 0 Å². The number of hydrogen-bond donors (Lipinski definition) is 0. The van der Waals surface area contributed by atoms with Crippen molar-refractivity contribution >= 4 is 28.9 Å². The lowest BCUT2D eigenvalue weighted by molar-refractivity contribution is 1.11. The second-order valence-corrected chi connectivity index (χ2v) is 13.5. The molecule has 2 aromatic rings. The van der Waals surface area contributed by atoms with Crippen LogP contribution in [0.25, 0.3) is 11.1 Å². The van der Waals surface area contributed by atoms with Crippen molar-refractivity contribution < 1.29 is 0 Å². The Bertz CT molecular complexity index is 785. The van der Waals surface area contributed by atoms with Crippen LogP contribution in [0.2, 0.25) is 5.54 Å². The zero-order chi connectivity index (χ0) is 16.2. The number of rotatable bonds is 2. The van der Waals surface area contributed by atoms with Crippen LogP contribution in [0.4, 0.5) is 0 Å². The first kappa shape index (κ1) is 15.3. The summed E-state index contributed by atoms with van der Waals surface area (Å²) in [6, 6.07) is 13.3. The largest absolute Gasteiger partial charge is 0.273 e. The van der Waals surface area contributed by atoms with Crippen molar-refractivity contribution in [3.8, 4) is 11.1 Å². The Morgan fingerprint density at radius 3 is 1.74 bits per heavy atom. The van der Waals surface area contributed by atoms with Crippen LogP contribution in [-0.2, 0) is 0 Å². The van der Waals surface area contributed by atoms with Gasteiger partial charge in [-0.05, 0) is 36.1 Å². The predicted octanol–water partition coefficient (Wildman–Crippen LogP) is 6.37. The molecule has 0 atom stereocenters. The minimum Gasteiger partial charge on any atom is -0.144 e. The standard InChI is InChI=1S/C20H18Cl2Si/c1-13-7-9-16-17-10-8-14(2)12-19(17)20(18(16)11-13)23(21,22)15-5-3-4-6-15/h3-12,15,20H,1-2H3. The number of hydrogen-bond acceptors (Lipinski definition) is 0. The number of halogens is 2. The Hall–Kier alpha value is -1.28.